The monoisotopic (exact) mass is 322 g/mol. The maximum Gasteiger partial charge on any atom is 0.334 e. The average molecular weight is 322 g/mol. The Morgan fingerprint density at radius 1 is 1.57 bits per heavy atom. The molecule has 10 nitrogen and oxygen atoms in total. The molecule has 23 heavy (non-hydrogen) atoms. The Morgan fingerprint density at radius 3 is 2.78 bits per heavy atom. The molecule has 0 aromatic carbocycles. The number of hydrogen-bond donors (Lipinski definition) is 1. The first kappa shape index (κ1) is 16.5. The van der Waals surface area contributed by atoms with Gasteiger partial charge in [-0.05, 0) is 13.3 Å². The third kappa shape index (κ3) is 3.47. The minimum atomic E-state index is -0.476. The van der Waals surface area contributed by atoms with Crippen molar-refractivity contribution in [3.63, 3.8) is 0 Å². The van der Waals surface area contributed by atoms with Gasteiger partial charge in [0.2, 0.25) is 11.7 Å². The minimum Gasteiger partial charge on any atom is -0.360 e. The first-order chi connectivity index (χ1) is 10.8. The number of nitrogens with zero attached hydrogens (tertiary/aromatic N) is 5. The minimum absolute atomic E-state index is 0.0809. The van der Waals surface area contributed by atoms with Gasteiger partial charge in [0.05, 0.1) is 11.5 Å². The van der Waals surface area contributed by atoms with Crippen molar-refractivity contribution in [3.8, 4) is 0 Å². The summed E-state index contributed by atoms with van der Waals surface area (Å²) in [5.74, 6) is 0.783. The highest BCUT2D eigenvalue weighted by atomic mass is 16.6. The molecule has 124 valence electrons. The summed E-state index contributed by atoms with van der Waals surface area (Å²) in [5.41, 5.74) is 0.300. The van der Waals surface area contributed by atoms with Crippen molar-refractivity contribution >= 4 is 23.2 Å². The molecule has 2 heterocycles. The Bertz CT molecular complexity index is 735. The van der Waals surface area contributed by atoms with Gasteiger partial charge in [0, 0.05) is 20.2 Å². The third-order valence-corrected chi connectivity index (χ3v) is 3.22. The average Bonchev–Trinajstić information content (AvgIpc) is 3.01. The van der Waals surface area contributed by atoms with Gasteiger partial charge in [0.15, 0.2) is 5.82 Å². The number of carbonyl (C=O) groups excluding carboxylic acids is 1. The lowest BCUT2D eigenvalue weighted by Gasteiger charge is -2.17. The second kappa shape index (κ2) is 6.46. The van der Waals surface area contributed by atoms with E-state index in [4.69, 9.17) is 4.52 Å². The van der Waals surface area contributed by atoms with E-state index in [1.165, 1.54) is 9.58 Å². The maximum atomic E-state index is 12.0. The second-order valence-electron chi connectivity index (χ2n) is 5.08. The molecule has 0 aliphatic rings. The van der Waals surface area contributed by atoms with E-state index in [-0.39, 0.29) is 24.0 Å². The molecular weight excluding hydrogens is 304 g/mol. The van der Waals surface area contributed by atoms with E-state index in [1.54, 1.807) is 34.0 Å². The fourth-order valence-corrected chi connectivity index (χ4v) is 2.31. The Labute approximate surface area is 132 Å². The molecule has 0 saturated carbocycles. The molecule has 0 saturated heterocycles. The Hall–Kier alpha value is -2.91. The molecule has 0 fully saturated rings. The fourth-order valence-electron chi connectivity index (χ4n) is 2.31. The van der Waals surface area contributed by atoms with Gasteiger partial charge >= 0.3 is 5.69 Å². The van der Waals surface area contributed by atoms with Crippen molar-refractivity contribution in [2.75, 3.05) is 23.8 Å². The molecule has 0 spiro atoms. The van der Waals surface area contributed by atoms with Gasteiger partial charge in [0.1, 0.15) is 11.5 Å². The number of amides is 1. The summed E-state index contributed by atoms with van der Waals surface area (Å²) in [5, 5.41) is 21.7. The van der Waals surface area contributed by atoms with E-state index < -0.39 is 4.92 Å². The van der Waals surface area contributed by atoms with Crippen LogP contribution >= 0.6 is 0 Å². The van der Waals surface area contributed by atoms with Crippen LogP contribution < -0.4 is 10.2 Å². The van der Waals surface area contributed by atoms with E-state index in [0.29, 0.717) is 23.7 Å². The molecule has 2 aromatic rings. The van der Waals surface area contributed by atoms with Crippen molar-refractivity contribution in [1.82, 2.24) is 14.9 Å². The van der Waals surface area contributed by atoms with Gasteiger partial charge in [-0.2, -0.15) is 5.10 Å². The summed E-state index contributed by atoms with van der Waals surface area (Å²) < 4.78 is 6.27. The maximum absolute atomic E-state index is 12.0. The molecule has 0 radical (unpaired) electrons. The van der Waals surface area contributed by atoms with E-state index in [2.05, 4.69) is 15.6 Å². The molecule has 1 amide bonds. The molecule has 2 rings (SSSR count). The van der Waals surface area contributed by atoms with Gasteiger partial charge in [-0.3, -0.25) is 14.9 Å². The van der Waals surface area contributed by atoms with Crippen LogP contribution in [-0.4, -0.2) is 39.4 Å². The summed E-state index contributed by atoms with van der Waals surface area (Å²) in [6, 6.07) is 1.58. The molecule has 0 bridgehead atoms. The van der Waals surface area contributed by atoms with E-state index in [9.17, 15) is 14.9 Å². The van der Waals surface area contributed by atoms with Crippen LogP contribution in [0.3, 0.4) is 0 Å². The van der Waals surface area contributed by atoms with Gasteiger partial charge in [-0.1, -0.05) is 12.1 Å². The number of hydrogen-bond acceptors (Lipinski definition) is 7. The van der Waals surface area contributed by atoms with Crippen molar-refractivity contribution < 1.29 is 14.2 Å². The molecular formula is C13H18N6O4. The highest BCUT2D eigenvalue weighted by Gasteiger charge is 2.29. The highest BCUT2D eigenvalue weighted by Crippen LogP contribution is 2.30. The number of aromatic nitrogens is 3. The molecule has 0 unspecified atom stereocenters. The summed E-state index contributed by atoms with van der Waals surface area (Å²) in [7, 11) is 3.20. The normalized spacial score (nSPS) is 10.6. The highest BCUT2D eigenvalue weighted by molar-refractivity contribution is 5.93. The predicted octanol–water partition coefficient (Wildman–Crippen LogP) is 1.26. The van der Waals surface area contributed by atoms with Gasteiger partial charge in [0.25, 0.3) is 0 Å². The van der Waals surface area contributed by atoms with Crippen LogP contribution in [0, 0.1) is 17.0 Å². The molecule has 0 atom stereocenters. The number of rotatable bonds is 6. The molecule has 0 aliphatic heterocycles. The van der Waals surface area contributed by atoms with Crippen molar-refractivity contribution in [2.24, 2.45) is 7.05 Å². The van der Waals surface area contributed by atoms with Crippen molar-refractivity contribution in [3.05, 3.63) is 27.6 Å². The number of likely N-dealkylation sites (N-methyl/N-ethyl adjacent to an activating group) is 1. The first-order valence-electron chi connectivity index (χ1n) is 6.98. The van der Waals surface area contributed by atoms with Gasteiger partial charge in [-0.15, -0.1) is 0 Å². The standard InChI is InChI=1S/C13H18N6O4/c1-5-9-12(19(21)22)13(18(4)15-9)17(3)7-11(20)14-10-6-8(2)23-16-10/h6H,5,7H2,1-4H3,(H,14,16,20). The van der Waals surface area contributed by atoms with Crippen LogP contribution in [0.2, 0.25) is 0 Å². The lowest BCUT2D eigenvalue weighted by atomic mass is 10.3. The molecule has 0 aliphatic carbocycles. The largest absolute Gasteiger partial charge is 0.360 e. The SMILES string of the molecule is CCc1nn(C)c(N(C)CC(=O)Nc2cc(C)on2)c1[N+](=O)[O-]. The fraction of sp³-hybridized carbons (Fsp3) is 0.462. The number of nitro groups is 1. The summed E-state index contributed by atoms with van der Waals surface area (Å²) in [6.45, 7) is 3.41. The summed E-state index contributed by atoms with van der Waals surface area (Å²) in [6.07, 6.45) is 0.433. The summed E-state index contributed by atoms with van der Waals surface area (Å²) in [4.78, 5) is 24.3. The molecule has 1 N–H and O–H groups in total. The third-order valence-electron chi connectivity index (χ3n) is 3.22. The Morgan fingerprint density at radius 2 is 2.26 bits per heavy atom. The zero-order valence-corrected chi connectivity index (χ0v) is 13.4. The Kier molecular flexibility index (Phi) is 4.63. The van der Waals surface area contributed by atoms with Crippen molar-refractivity contribution in [2.45, 2.75) is 20.3 Å². The number of aryl methyl sites for hydroxylation is 3. The molecule has 2 aromatic heterocycles. The number of carbonyl (C=O) groups is 1. The number of nitrogens with one attached hydrogen (secondary N) is 1. The Balaban J connectivity index is 2.17. The van der Waals surface area contributed by atoms with Gasteiger partial charge < -0.3 is 14.7 Å². The number of anilines is 2. The van der Waals surface area contributed by atoms with Crippen LogP contribution in [0.1, 0.15) is 18.4 Å². The lowest BCUT2D eigenvalue weighted by molar-refractivity contribution is -0.384. The lowest BCUT2D eigenvalue weighted by Crippen LogP contribution is -2.31. The van der Waals surface area contributed by atoms with Crippen LogP contribution in [0.15, 0.2) is 10.6 Å². The predicted molar refractivity (Wildman–Crippen MR) is 82.4 cm³/mol. The second-order valence-corrected chi connectivity index (χ2v) is 5.08. The van der Waals surface area contributed by atoms with E-state index in [1.807, 2.05) is 0 Å². The van der Waals surface area contributed by atoms with Crippen molar-refractivity contribution in [1.29, 1.82) is 0 Å². The summed E-state index contributed by atoms with van der Waals surface area (Å²) >= 11 is 0. The van der Waals surface area contributed by atoms with Crippen LogP contribution in [0.25, 0.3) is 0 Å². The molecule has 10 heteroatoms. The van der Waals surface area contributed by atoms with E-state index in [0.717, 1.165) is 0 Å². The van der Waals surface area contributed by atoms with Crippen LogP contribution in [-0.2, 0) is 18.3 Å². The van der Waals surface area contributed by atoms with Crippen LogP contribution in [0.5, 0.6) is 0 Å². The van der Waals surface area contributed by atoms with Crippen LogP contribution in [0.4, 0.5) is 17.3 Å². The zero-order valence-electron chi connectivity index (χ0n) is 13.4. The topological polar surface area (TPSA) is 119 Å². The van der Waals surface area contributed by atoms with Gasteiger partial charge in [-0.25, -0.2) is 4.68 Å². The first-order valence-corrected chi connectivity index (χ1v) is 6.98. The zero-order chi connectivity index (χ0) is 17.1. The smallest absolute Gasteiger partial charge is 0.334 e. The quantitative estimate of drug-likeness (QED) is 0.628. The van der Waals surface area contributed by atoms with E-state index >= 15 is 0 Å².